The van der Waals surface area contributed by atoms with E-state index in [1.165, 1.54) is 10.4 Å². The van der Waals surface area contributed by atoms with Crippen LogP contribution in [0.3, 0.4) is 0 Å². The molecule has 5 rings (SSSR count). The molecule has 4 aromatic rings. The van der Waals surface area contributed by atoms with E-state index < -0.39 is 5.97 Å². The van der Waals surface area contributed by atoms with Crippen molar-refractivity contribution in [1.29, 1.82) is 0 Å². The van der Waals surface area contributed by atoms with Crippen molar-refractivity contribution in [1.82, 2.24) is 4.98 Å². The number of aliphatic carboxylic acids is 1. The third-order valence-corrected chi connectivity index (χ3v) is 8.38. The van der Waals surface area contributed by atoms with E-state index in [1.54, 1.807) is 18.4 Å². The van der Waals surface area contributed by atoms with Crippen molar-refractivity contribution in [2.24, 2.45) is 0 Å². The van der Waals surface area contributed by atoms with Gasteiger partial charge in [0.05, 0.1) is 12.8 Å². The third kappa shape index (κ3) is 4.67. The molecule has 172 valence electrons. The van der Waals surface area contributed by atoms with E-state index in [-0.39, 0.29) is 11.9 Å². The van der Waals surface area contributed by atoms with Gasteiger partial charge in [-0.1, -0.05) is 42.5 Å². The van der Waals surface area contributed by atoms with Crippen LogP contribution in [0.2, 0.25) is 0 Å². The topological polar surface area (TPSA) is 68.7 Å². The van der Waals surface area contributed by atoms with Crippen LogP contribution in [0.15, 0.2) is 72.8 Å². The van der Waals surface area contributed by atoms with Gasteiger partial charge in [-0.15, -0.1) is 23.1 Å². The molecule has 0 saturated heterocycles. The highest BCUT2D eigenvalue weighted by molar-refractivity contribution is 7.98. The molecular formula is C27H23NO4S2. The fourth-order valence-electron chi connectivity index (χ4n) is 4.06. The number of carboxylic acid groups (broad SMARTS) is 1. The van der Waals surface area contributed by atoms with Gasteiger partial charge < -0.3 is 14.6 Å². The highest BCUT2D eigenvalue weighted by atomic mass is 32.2. The average Bonchev–Trinajstić information content (AvgIpc) is 3.33. The molecule has 0 bridgehead atoms. The Morgan fingerprint density at radius 3 is 2.62 bits per heavy atom. The number of fused-ring (bicyclic) bond motifs is 3. The van der Waals surface area contributed by atoms with Gasteiger partial charge in [-0.2, -0.15) is 0 Å². The Labute approximate surface area is 206 Å². The summed E-state index contributed by atoms with van der Waals surface area (Å²) < 4.78 is 11.0. The van der Waals surface area contributed by atoms with Crippen molar-refractivity contribution in [3.63, 3.8) is 0 Å². The maximum Gasteiger partial charge on any atom is 0.341 e. The highest BCUT2D eigenvalue weighted by Gasteiger charge is 2.31. The lowest BCUT2D eigenvalue weighted by Crippen LogP contribution is -2.13. The first-order chi connectivity index (χ1) is 16.6. The summed E-state index contributed by atoms with van der Waals surface area (Å²) in [5.74, 6) is 1.33. The van der Waals surface area contributed by atoms with Crippen LogP contribution in [-0.2, 0) is 17.0 Å². The Bertz CT molecular complexity index is 1300. The van der Waals surface area contributed by atoms with Gasteiger partial charge >= 0.3 is 5.97 Å². The summed E-state index contributed by atoms with van der Waals surface area (Å²) >= 11 is 3.61. The highest BCUT2D eigenvalue weighted by Crippen LogP contribution is 2.51. The molecule has 0 saturated carbocycles. The number of aromatic nitrogens is 1. The van der Waals surface area contributed by atoms with E-state index in [4.69, 9.17) is 19.6 Å². The number of carboxylic acids is 1. The van der Waals surface area contributed by atoms with Gasteiger partial charge in [-0.05, 0) is 42.3 Å². The van der Waals surface area contributed by atoms with Gasteiger partial charge in [0.1, 0.15) is 16.5 Å². The largest absolute Gasteiger partial charge is 0.497 e. The molecule has 1 aliphatic carbocycles. The zero-order chi connectivity index (χ0) is 23.5. The maximum absolute atomic E-state index is 11.1. The number of carbonyl (C=O) groups is 1. The van der Waals surface area contributed by atoms with Gasteiger partial charge in [-0.3, -0.25) is 0 Å². The molecule has 0 spiro atoms. The Hall–Kier alpha value is -3.29. The smallest absolute Gasteiger partial charge is 0.341 e. The van der Waals surface area contributed by atoms with Crippen LogP contribution in [-0.4, -0.2) is 29.8 Å². The fraction of sp³-hybridized carbons (Fsp3) is 0.185. The number of rotatable bonds is 8. The van der Waals surface area contributed by atoms with Gasteiger partial charge in [0, 0.05) is 32.6 Å². The molecule has 0 radical (unpaired) electrons. The van der Waals surface area contributed by atoms with Crippen molar-refractivity contribution in [2.45, 2.75) is 17.4 Å². The molecule has 34 heavy (non-hydrogen) atoms. The van der Waals surface area contributed by atoms with Crippen molar-refractivity contribution in [3.8, 4) is 33.3 Å². The van der Waals surface area contributed by atoms with Crippen LogP contribution in [0.4, 0.5) is 0 Å². The number of thiazole rings is 1. The van der Waals surface area contributed by atoms with Gasteiger partial charge in [0.25, 0.3) is 0 Å². The van der Waals surface area contributed by atoms with Gasteiger partial charge in [0.15, 0.2) is 6.61 Å². The summed E-state index contributed by atoms with van der Waals surface area (Å²) in [7, 11) is 1.66. The monoisotopic (exact) mass is 489 g/mol. The third-order valence-electron chi connectivity index (χ3n) is 5.71. The predicted octanol–water partition coefficient (Wildman–Crippen LogP) is 6.48. The molecule has 0 fully saturated rings. The summed E-state index contributed by atoms with van der Waals surface area (Å²) in [4.78, 5) is 17.4. The Morgan fingerprint density at radius 1 is 1.09 bits per heavy atom. The van der Waals surface area contributed by atoms with Gasteiger partial charge in [0.2, 0.25) is 0 Å². The first-order valence-electron chi connectivity index (χ1n) is 10.9. The zero-order valence-corrected chi connectivity index (χ0v) is 20.2. The molecule has 7 heteroatoms. The van der Waals surface area contributed by atoms with Crippen LogP contribution >= 0.6 is 23.1 Å². The summed E-state index contributed by atoms with van der Waals surface area (Å²) in [5, 5.41) is 10.3. The normalized spacial score (nSPS) is 14.2. The average molecular weight is 490 g/mol. The second-order valence-corrected chi connectivity index (χ2v) is 10.1. The van der Waals surface area contributed by atoms with E-state index in [0.717, 1.165) is 45.3 Å². The van der Waals surface area contributed by atoms with Crippen molar-refractivity contribution in [2.75, 3.05) is 13.7 Å². The fourth-order valence-corrected chi connectivity index (χ4v) is 6.61. The maximum atomic E-state index is 11.1. The van der Waals surface area contributed by atoms with E-state index >= 15 is 0 Å². The summed E-state index contributed by atoms with van der Waals surface area (Å²) in [6.45, 7) is -0.362. The molecule has 0 amide bonds. The van der Waals surface area contributed by atoms with Crippen LogP contribution in [0, 0.1) is 0 Å². The molecule has 0 aliphatic heterocycles. The molecule has 1 atom stereocenters. The lowest BCUT2D eigenvalue weighted by atomic mass is 9.92. The molecule has 3 aromatic carbocycles. The van der Waals surface area contributed by atoms with E-state index in [1.807, 2.05) is 54.2 Å². The molecular weight excluding hydrogens is 466 g/mol. The van der Waals surface area contributed by atoms with Crippen molar-refractivity contribution < 1.29 is 19.4 Å². The zero-order valence-electron chi connectivity index (χ0n) is 18.6. The minimum atomic E-state index is -0.987. The Balaban J connectivity index is 1.53. The van der Waals surface area contributed by atoms with Crippen LogP contribution in [0.1, 0.15) is 21.3 Å². The van der Waals surface area contributed by atoms with E-state index in [2.05, 4.69) is 30.3 Å². The number of hydrogen-bond donors (Lipinski definition) is 1. The Morgan fingerprint density at radius 2 is 1.88 bits per heavy atom. The predicted molar refractivity (Wildman–Crippen MR) is 137 cm³/mol. The lowest BCUT2D eigenvalue weighted by Gasteiger charge is -2.25. The van der Waals surface area contributed by atoms with Crippen LogP contribution in [0.5, 0.6) is 11.5 Å². The summed E-state index contributed by atoms with van der Waals surface area (Å²) in [6.07, 6.45) is 0.764. The number of nitrogens with zero attached hydrogens (tertiary/aromatic N) is 1. The lowest BCUT2D eigenvalue weighted by molar-refractivity contribution is -0.139. The molecule has 1 N–H and O–H groups in total. The minimum Gasteiger partial charge on any atom is -0.497 e. The first-order valence-corrected chi connectivity index (χ1v) is 12.8. The van der Waals surface area contributed by atoms with Gasteiger partial charge in [-0.25, -0.2) is 9.78 Å². The van der Waals surface area contributed by atoms with E-state index in [9.17, 15) is 4.79 Å². The van der Waals surface area contributed by atoms with Crippen molar-refractivity contribution in [3.05, 3.63) is 88.8 Å². The molecule has 5 nitrogen and oxygen atoms in total. The summed E-state index contributed by atoms with van der Waals surface area (Å²) in [5.41, 5.74) is 5.32. The Kier molecular flexibility index (Phi) is 6.56. The number of hydrogen-bond acceptors (Lipinski definition) is 6. The SMILES string of the molecule is COc1ccc(-c2nc3c(s2)C(SCc2ccccc2)Cc2c(OCC(=O)O)cccc2-3)cc1. The number of ether oxygens (including phenoxy) is 2. The number of thioether (sulfide) groups is 1. The molecule has 1 aliphatic rings. The van der Waals surface area contributed by atoms with Crippen LogP contribution < -0.4 is 9.47 Å². The first kappa shape index (κ1) is 22.5. The molecule has 1 aromatic heterocycles. The second-order valence-electron chi connectivity index (χ2n) is 7.91. The quantitative estimate of drug-likeness (QED) is 0.306. The minimum absolute atomic E-state index is 0.196. The van der Waals surface area contributed by atoms with Crippen molar-refractivity contribution >= 4 is 29.1 Å². The number of benzene rings is 3. The second kappa shape index (κ2) is 9.91. The summed E-state index contributed by atoms with van der Waals surface area (Å²) in [6, 6.07) is 24.2. The molecule has 1 unspecified atom stereocenters. The molecule has 1 heterocycles. The van der Waals surface area contributed by atoms with E-state index in [0.29, 0.717) is 5.75 Å². The van der Waals surface area contributed by atoms with Crippen LogP contribution in [0.25, 0.3) is 21.8 Å². The standard InChI is InChI=1S/C27H23NO4S2/c1-31-19-12-10-18(11-13-19)27-28-25-20-8-5-9-22(32-15-24(29)30)21(20)14-23(26(25)34-27)33-16-17-6-3-2-4-7-17/h2-13,23H,14-16H2,1H3,(H,29,30). The number of methoxy groups -OCH3 is 1.